The van der Waals surface area contributed by atoms with E-state index in [1.165, 1.54) is 0 Å². The second-order valence-electron chi connectivity index (χ2n) is 4.53. The van der Waals surface area contributed by atoms with E-state index in [0.717, 1.165) is 5.69 Å². The Morgan fingerprint density at radius 3 is 2.52 bits per heavy atom. The van der Waals surface area contributed by atoms with Crippen molar-refractivity contribution in [2.24, 2.45) is 5.73 Å². The van der Waals surface area contributed by atoms with E-state index in [1.54, 1.807) is 29.1 Å². The Bertz CT molecular complexity index is 765. The van der Waals surface area contributed by atoms with Gasteiger partial charge in [0.1, 0.15) is 6.33 Å². The zero-order chi connectivity index (χ0) is 14.7. The van der Waals surface area contributed by atoms with E-state index in [2.05, 4.69) is 10.2 Å². The molecule has 3 rings (SSSR count). The van der Waals surface area contributed by atoms with Crippen molar-refractivity contribution in [3.63, 3.8) is 0 Å². The first-order valence-corrected chi connectivity index (χ1v) is 6.59. The highest BCUT2D eigenvalue weighted by molar-refractivity contribution is 6.11. The summed E-state index contributed by atoms with van der Waals surface area (Å²) in [7, 11) is 0. The minimum atomic E-state index is -0.0390. The van der Waals surface area contributed by atoms with E-state index in [1.807, 2.05) is 36.4 Å². The summed E-state index contributed by atoms with van der Waals surface area (Å²) in [6, 6.07) is 16.5. The van der Waals surface area contributed by atoms with Crippen molar-refractivity contribution in [1.82, 2.24) is 14.8 Å². The molecule has 0 saturated carbocycles. The molecule has 0 saturated heterocycles. The largest absolute Gasteiger partial charge is 0.324 e. The lowest BCUT2D eigenvalue weighted by Crippen LogP contribution is -2.11. The lowest BCUT2D eigenvalue weighted by Gasteiger charge is -2.10. The number of hydrogen-bond acceptors (Lipinski definition) is 4. The molecular formula is C16H14N4O. The molecule has 0 radical (unpaired) electrons. The van der Waals surface area contributed by atoms with Crippen LogP contribution < -0.4 is 5.73 Å². The number of benzene rings is 2. The second-order valence-corrected chi connectivity index (χ2v) is 4.53. The van der Waals surface area contributed by atoms with Crippen LogP contribution in [0.5, 0.6) is 0 Å². The van der Waals surface area contributed by atoms with Crippen molar-refractivity contribution in [1.29, 1.82) is 0 Å². The molecule has 1 aromatic heterocycles. The minimum absolute atomic E-state index is 0.0390. The first-order chi connectivity index (χ1) is 10.3. The zero-order valence-electron chi connectivity index (χ0n) is 11.3. The number of hydrogen-bond donors (Lipinski definition) is 1. The highest BCUT2D eigenvalue weighted by atomic mass is 16.1. The molecule has 0 atom stereocenters. The molecule has 0 aliphatic heterocycles. The molecule has 1 heterocycles. The van der Waals surface area contributed by atoms with E-state index < -0.39 is 0 Å². The summed E-state index contributed by atoms with van der Waals surface area (Å²) < 4.78 is 1.75. The molecule has 0 bridgehead atoms. The van der Waals surface area contributed by atoms with Crippen LogP contribution in [-0.4, -0.2) is 20.5 Å². The molecule has 104 valence electrons. The Hall–Kier alpha value is -2.79. The predicted molar refractivity (Wildman–Crippen MR) is 79.1 cm³/mol. The molecule has 0 spiro atoms. The van der Waals surface area contributed by atoms with Crippen LogP contribution in [0.15, 0.2) is 60.9 Å². The van der Waals surface area contributed by atoms with Gasteiger partial charge >= 0.3 is 0 Å². The number of nitrogens with two attached hydrogens (primary N) is 1. The van der Waals surface area contributed by atoms with Gasteiger partial charge in [-0.15, -0.1) is 10.2 Å². The van der Waals surface area contributed by atoms with E-state index in [9.17, 15) is 4.79 Å². The van der Waals surface area contributed by atoms with E-state index in [4.69, 9.17) is 5.73 Å². The maximum Gasteiger partial charge on any atom is 0.195 e. The van der Waals surface area contributed by atoms with Crippen molar-refractivity contribution in [2.45, 2.75) is 6.54 Å². The van der Waals surface area contributed by atoms with Gasteiger partial charge in [-0.3, -0.25) is 9.36 Å². The van der Waals surface area contributed by atoms with E-state index in [-0.39, 0.29) is 12.3 Å². The third-order valence-electron chi connectivity index (χ3n) is 3.25. The Morgan fingerprint density at radius 1 is 1.05 bits per heavy atom. The summed E-state index contributed by atoms with van der Waals surface area (Å²) in [6.45, 7) is 0.258. The molecule has 0 aliphatic rings. The molecule has 0 amide bonds. The SMILES string of the molecule is NCc1nncn1-c1ccccc1C(=O)c1ccccc1. The van der Waals surface area contributed by atoms with Crippen LogP contribution in [0.3, 0.4) is 0 Å². The van der Waals surface area contributed by atoms with Gasteiger partial charge in [0.25, 0.3) is 0 Å². The molecule has 2 aromatic carbocycles. The molecule has 2 N–H and O–H groups in total. The van der Waals surface area contributed by atoms with Crippen LogP contribution in [0.25, 0.3) is 5.69 Å². The molecule has 21 heavy (non-hydrogen) atoms. The molecule has 0 aliphatic carbocycles. The number of rotatable bonds is 4. The van der Waals surface area contributed by atoms with Crippen molar-refractivity contribution in [2.75, 3.05) is 0 Å². The molecule has 5 nitrogen and oxygen atoms in total. The number of para-hydroxylation sites is 1. The van der Waals surface area contributed by atoms with Crippen molar-refractivity contribution in [3.05, 3.63) is 77.9 Å². The number of ketones is 1. The number of carbonyl (C=O) groups is 1. The lowest BCUT2D eigenvalue weighted by atomic mass is 10.0. The Balaban J connectivity index is 2.11. The number of aromatic nitrogens is 3. The van der Waals surface area contributed by atoms with Gasteiger partial charge in [-0.05, 0) is 12.1 Å². The molecule has 3 aromatic rings. The minimum Gasteiger partial charge on any atom is -0.324 e. The maximum absolute atomic E-state index is 12.7. The molecule has 0 unspecified atom stereocenters. The van der Waals surface area contributed by atoms with Gasteiger partial charge in [-0.25, -0.2) is 0 Å². The average molecular weight is 278 g/mol. The Labute approximate surface area is 122 Å². The van der Waals surface area contributed by atoms with Gasteiger partial charge in [0.15, 0.2) is 11.6 Å². The number of nitrogens with zero attached hydrogens (tertiary/aromatic N) is 3. The van der Waals surface area contributed by atoms with Gasteiger partial charge in [0.2, 0.25) is 0 Å². The summed E-state index contributed by atoms with van der Waals surface area (Å²) in [5.41, 5.74) is 7.64. The summed E-state index contributed by atoms with van der Waals surface area (Å²) in [4.78, 5) is 12.7. The van der Waals surface area contributed by atoms with Gasteiger partial charge in [-0.2, -0.15) is 0 Å². The average Bonchev–Trinajstić information content (AvgIpc) is 3.03. The van der Waals surface area contributed by atoms with Gasteiger partial charge < -0.3 is 5.73 Å². The monoisotopic (exact) mass is 278 g/mol. The standard InChI is InChI=1S/C16H14N4O/c17-10-15-19-18-11-20(15)14-9-5-4-8-13(14)16(21)12-6-2-1-3-7-12/h1-9,11H,10,17H2. The molecular weight excluding hydrogens is 264 g/mol. The third kappa shape index (κ3) is 2.46. The van der Waals surface area contributed by atoms with Crippen LogP contribution >= 0.6 is 0 Å². The first-order valence-electron chi connectivity index (χ1n) is 6.59. The molecule has 5 heteroatoms. The first kappa shape index (κ1) is 13.2. The van der Waals surface area contributed by atoms with Crippen molar-refractivity contribution >= 4 is 5.78 Å². The Kier molecular flexibility index (Phi) is 3.57. The van der Waals surface area contributed by atoms with E-state index >= 15 is 0 Å². The van der Waals surface area contributed by atoms with Crippen molar-refractivity contribution < 1.29 is 4.79 Å². The summed E-state index contributed by atoms with van der Waals surface area (Å²) in [6.07, 6.45) is 1.57. The molecule has 0 fully saturated rings. The van der Waals surface area contributed by atoms with Gasteiger partial charge in [0, 0.05) is 11.1 Å². The van der Waals surface area contributed by atoms with Crippen LogP contribution in [-0.2, 0) is 6.54 Å². The fraction of sp³-hybridized carbons (Fsp3) is 0.0625. The third-order valence-corrected chi connectivity index (χ3v) is 3.25. The quantitative estimate of drug-likeness (QED) is 0.740. The highest BCUT2D eigenvalue weighted by Crippen LogP contribution is 2.19. The summed E-state index contributed by atoms with van der Waals surface area (Å²) in [5.74, 6) is 0.575. The highest BCUT2D eigenvalue weighted by Gasteiger charge is 2.16. The topological polar surface area (TPSA) is 73.8 Å². The summed E-state index contributed by atoms with van der Waals surface area (Å²) in [5, 5.41) is 7.83. The van der Waals surface area contributed by atoms with E-state index in [0.29, 0.717) is 17.0 Å². The zero-order valence-corrected chi connectivity index (χ0v) is 11.3. The van der Waals surface area contributed by atoms with Crippen LogP contribution in [0.2, 0.25) is 0 Å². The van der Waals surface area contributed by atoms with Gasteiger partial charge in [-0.1, -0.05) is 42.5 Å². The van der Waals surface area contributed by atoms with Gasteiger partial charge in [0.05, 0.1) is 12.2 Å². The smallest absolute Gasteiger partial charge is 0.195 e. The summed E-state index contributed by atoms with van der Waals surface area (Å²) >= 11 is 0. The van der Waals surface area contributed by atoms with Crippen LogP contribution in [0, 0.1) is 0 Å². The second kappa shape index (κ2) is 5.68. The normalized spacial score (nSPS) is 10.5. The maximum atomic E-state index is 12.7. The Morgan fingerprint density at radius 2 is 1.76 bits per heavy atom. The van der Waals surface area contributed by atoms with Crippen molar-refractivity contribution in [3.8, 4) is 5.69 Å². The lowest BCUT2D eigenvalue weighted by molar-refractivity contribution is 0.103. The fourth-order valence-electron chi connectivity index (χ4n) is 2.22. The predicted octanol–water partition coefficient (Wildman–Crippen LogP) is 1.96. The fourth-order valence-corrected chi connectivity index (χ4v) is 2.22. The number of carbonyl (C=O) groups excluding carboxylic acids is 1. The van der Waals surface area contributed by atoms with Crippen LogP contribution in [0.1, 0.15) is 21.7 Å². The van der Waals surface area contributed by atoms with Crippen LogP contribution in [0.4, 0.5) is 0 Å².